The second-order valence-electron chi connectivity index (χ2n) is 2.50. The molecule has 0 fully saturated rings. The Kier molecular flexibility index (Phi) is 3.02. The molecule has 0 N–H and O–H groups in total. The van der Waals surface area contributed by atoms with E-state index in [1.807, 2.05) is 6.92 Å². The minimum absolute atomic E-state index is 0.00829. The third kappa shape index (κ3) is 2.51. The van der Waals surface area contributed by atoms with E-state index in [0.29, 0.717) is 0 Å². The number of hydrogen-bond acceptors (Lipinski definition) is 3. The summed E-state index contributed by atoms with van der Waals surface area (Å²) >= 11 is 0. The summed E-state index contributed by atoms with van der Waals surface area (Å²) in [6.45, 7) is 0.751. The fraction of sp³-hybridized carbons (Fsp3) is 0.250. The minimum atomic E-state index is -3.84. The summed E-state index contributed by atoms with van der Waals surface area (Å²) in [4.78, 5) is 0.00829. The van der Waals surface area contributed by atoms with Gasteiger partial charge >= 0.3 is 0 Å². The molecule has 1 radical (unpaired) electrons. The second-order valence-corrected chi connectivity index (χ2v) is 4.12. The Hall–Kier alpha value is -0.910. The van der Waals surface area contributed by atoms with Gasteiger partial charge in [0.15, 0.2) is 6.79 Å². The first kappa shape index (κ1) is 10.2. The quantitative estimate of drug-likeness (QED) is 0.543. The molecule has 1 aromatic rings. The summed E-state index contributed by atoms with van der Waals surface area (Å²) in [7, 11) is -3.84. The summed E-state index contributed by atoms with van der Waals surface area (Å²) in [6.07, 6.45) is 0. The van der Waals surface area contributed by atoms with Gasteiger partial charge in [-0.05, 0) is 19.1 Å². The van der Waals surface area contributed by atoms with Crippen LogP contribution in [0.5, 0.6) is 0 Å². The summed E-state index contributed by atoms with van der Waals surface area (Å²) < 4.78 is 26.3. The van der Waals surface area contributed by atoms with Crippen LogP contribution >= 0.6 is 0 Å². The van der Waals surface area contributed by atoms with Crippen molar-refractivity contribution in [1.29, 1.82) is 0 Å². The molecule has 0 aromatic heterocycles. The molecule has 0 unspecified atom stereocenters. The standard InChI is InChI=1S/C8H9O4S/c1-7-2-4-8(5-3-7)13(10,11)12-6-9/h2-5H,6H2,1H3. The van der Waals surface area contributed by atoms with Gasteiger partial charge < -0.3 is 0 Å². The fourth-order valence-electron chi connectivity index (χ4n) is 0.836. The Morgan fingerprint density at radius 1 is 1.23 bits per heavy atom. The molecule has 0 aliphatic rings. The Balaban J connectivity index is 3.02. The predicted molar refractivity (Wildman–Crippen MR) is 45.0 cm³/mol. The average molecular weight is 201 g/mol. The van der Waals surface area contributed by atoms with Crippen LogP contribution in [-0.2, 0) is 19.4 Å². The topological polar surface area (TPSA) is 63.3 Å². The minimum Gasteiger partial charge on any atom is -0.234 e. The molecule has 0 saturated carbocycles. The molecule has 0 spiro atoms. The monoisotopic (exact) mass is 201 g/mol. The van der Waals surface area contributed by atoms with E-state index in [4.69, 9.17) is 0 Å². The van der Waals surface area contributed by atoms with Crippen molar-refractivity contribution in [3.05, 3.63) is 29.8 Å². The van der Waals surface area contributed by atoms with Crippen molar-refractivity contribution in [3.8, 4) is 0 Å². The lowest BCUT2D eigenvalue weighted by Crippen LogP contribution is -2.06. The maximum Gasteiger partial charge on any atom is 0.299 e. The Labute approximate surface area is 76.9 Å². The van der Waals surface area contributed by atoms with Gasteiger partial charge in [0.1, 0.15) is 0 Å². The van der Waals surface area contributed by atoms with E-state index in [1.165, 1.54) is 12.1 Å². The zero-order valence-corrected chi connectivity index (χ0v) is 7.87. The van der Waals surface area contributed by atoms with E-state index in [9.17, 15) is 13.5 Å². The van der Waals surface area contributed by atoms with Crippen molar-refractivity contribution in [1.82, 2.24) is 0 Å². The average Bonchev–Trinajstić information content (AvgIpc) is 2.05. The zero-order valence-electron chi connectivity index (χ0n) is 7.06. The normalized spacial score (nSPS) is 11.5. The highest BCUT2D eigenvalue weighted by Gasteiger charge is 2.13. The molecule has 0 heterocycles. The first-order valence-electron chi connectivity index (χ1n) is 3.60. The van der Waals surface area contributed by atoms with Gasteiger partial charge in [0.05, 0.1) is 4.90 Å². The molecule has 0 amide bonds. The van der Waals surface area contributed by atoms with E-state index in [1.54, 1.807) is 12.1 Å². The van der Waals surface area contributed by atoms with Crippen molar-refractivity contribution < 1.29 is 17.7 Å². The van der Waals surface area contributed by atoms with Gasteiger partial charge in [-0.25, -0.2) is 9.29 Å². The van der Waals surface area contributed by atoms with Gasteiger partial charge in [-0.1, -0.05) is 17.7 Å². The summed E-state index contributed by atoms with van der Waals surface area (Å²) in [5, 5.41) is 9.98. The molecule has 0 aliphatic heterocycles. The van der Waals surface area contributed by atoms with Gasteiger partial charge in [-0.2, -0.15) is 8.42 Å². The van der Waals surface area contributed by atoms with Crippen LogP contribution < -0.4 is 0 Å². The van der Waals surface area contributed by atoms with Crippen molar-refractivity contribution in [3.63, 3.8) is 0 Å². The highest BCUT2D eigenvalue weighted by atomic mass is 32.2. The Morgan fingerprint density at radius 3 is 2.23 bits per heavy atom. The van der Waals surface area contributed by atoms with Crippen molar-refractivity contribution in [2.24, 2.45) is 0 Å². The van der Waals surface area contributed by atoms with E-state index in [0.717, 1.165) is 5.56 Å². The largest absolute Gasteiger partial charge is 0.299 e. The predicted octanol–water partition coefficient (Wildman–Crippen LogP) is 1.09. The highest BCUT2D eigenvalue weighted by molar-refractivity contribution is 7.86. The molecule has 5 heteroatoms. The van der Waals surface area contributed by atoms with E-state index >= 15 is 0 Å². The fourth-order valence-corrected chi connectivity index (χ4v) is 1.57. The lowest BCUT2D eigenvalue weighted by Gasteiger charge is -2.01. The highest BCUT2D eigenvalue weighted by Crippen LogP contribution is 2.12. The third-order valence-electron chi connectivity index (χ3n) is 1.51. The zero-order chi connectivity index (χ0) is 9.90. The van der Waals surface area contributed by atoms with Crippen LogP contribution in [-0.4, -0.2) is 15.2 Å². The molecule has 0 atom stereocenters. The molecule has 4 nitrogen and oxygen atoms in total. The van der Waals surface area contributed by atoms with Crippen LogP contribution in [0.2, 0.25) is 0 Å². The van der Waals surface area contributed by atoms with E-state index in [2.05, 4.69) is 4.18 Å². The maximum atomic E-state index is 11.1. The van der Waals surface area contributed by atoms with Crippen molar-refractivity contribution in [2.75, 3.05) is 6.79 Å². The van der Waals surface area contributed by atoms with Crippen LogP contribution in [0.1, 0.15) is 5.56 Å². The maximum absolute atomic E-state index is 11.1. The van der Waals surface area contributed by atoms with Gasteiger partial charge in [0.2, 0.25) is 0 Å². The lowest BCUT2D eigenvalue weighted by atomic mass is 10.2. The van der Waals surface area contributed by atoms with Gasteiger partial charge in [-0.3, -0.25) is 0 Å². The van der Waals surface area contributed by atoms with E-state index < -0.39 is 16.9 Å². The van der Waals surface area contributed by atoms with Crippen LogP contribution in [0.25, 0.3) is 0 Å². The molecular weight excluding hydrogens is 192 g/mol. The Bertz CT molecular complexity index is 366. The van der Waals surface area contributed by atoms with Crippen LogP contribution in [0.3, 0.4) is 0 Å². The first-order valence-corrected chi connectivity index (χ1v) is 5.01. The first-order chi connectivity index (χ1) is 6.06. The smallest absolute Gasteiger partial charge is 0.234 e. The van der Waals surface area contributed by atoms with Crippen LogP contribution in [0.15, 0.2) is 29.2 Å². The number of aryl methyl sites for hydroxylation is 1. The van der Waals surface area contributed by atoms with Gasteiger partial charge in [-0.15, -0.1) is 0 Å². The molecule has 13 heavy (non-hydrogen) atoms. The molecule has 0 bridgehead atoms. The molecule has 1 rings (SSSR count). The molecular formula is C8H9O4S. The van der Waals surface area contributed by atoms with Gasteiger partial charge in [0, 0.05) is 0 Å². The number of benzene rings is 1. The summed E-state index contributed by atoms with van der Waals surface area (Å²) in [5.41, 5.74) is 0.945. The third-order valence-corrected chi connectivity index (χ3v) is 2.77. The van der Waals surface area contributed by atoms with Crippen molar-refractivity contribution >= 4 is 10.1 Å². The van der Waals surface area contributed by atoms with Gasteiger partial charge in [0.25, 0.3) is 10.1 Å². The summed E-state index contributed by atoms with van der Waals surface area (Å²) in [5.74, 6) is 0. The van der Waals surface area contributed by atoms with Crippen LogP contribution in [0, 0.1) is 6.92 Å². The number of hydrogen-bond donors (Lipinski definition) is 0. The molecule has 0 saturated heterocycles. The molecule has 0 aliphatic carbocycles. The van der Waals surface area contributed by atoms with Crippen molar-refractivity contribution in [2.45, 2.75) is 11.8 Å². The van der Waals surface area contributed by atoms with Crippen LogP contribution in [0.4, 0.5) is 0 Å². The second kappa shape index (κ2) is 3.87. The summed E-state index contributed by atoms with van der Waals surface area (Å²) in [6, 6.07) is 6.09. The number of rotatable bonds is 3. The molecule has 71 valence electrons. The Morgan fingerprint density at radius 2 is 1.77 bits per heavy atom. The SMILES string of the molecule is Cc1ccc(S(=O)(=O)OC[O])cc1. The lowest BCUT2D eigenvalue weighted by molar-refractivity contribution is 0.0427. The van der Waals surface area contributed by atoms with E-state index in [-0.39, 0.29) is 4.90 Å². The molecule has 1 aromatic carbocycles.